The monoisotopic (exact) mass is 242 g/mol. The van der Waals surface area contributed by atoms with Crippen LogP contribution in [0.25, 0.3) is 0 Å². The Morgan fingerprint density at radius 3 is 2.12 bits per heavy atom. The van der Waals surface area contributed by atoms with Crippen molar-refractivity contribution in [3.8, 4) is 0 Å². The van der Waals surface area contributed by atoms with E-state index in [2.05, 4.69) is 26.0 Å². The van der Waals surface area contributed by atoms with Crippen LogP contribution in [0.1, 0.15) is 72.6 Å². The van der Waals surface area contributed by atoms with Gasteiger partial charge in [-0.1, -0.05) is 58.6 Å². The molecule has 0 aromatic rings. The molecule has 2 heteroatoms. The molecule has 0 spiro atoms. The van der Waals surface area contributed by atoms with Crippen LogP contribution in [0.4, 0.5) is 0 Å². The van der Waals surface area contributed by atoms with Gasteiger partial charge in [-0.25, -0.2) is 0 Å². The molecule has 0 heterocycles. The topological polar surface area (TPSA) is 37.3 Å². The number of rotatable bonds is 8. The SMILES string of the molecule is C/C=C\CCCCCCC.CCC(C)C(=O)O. The van der Waals surface area contributed by atoms with Crippen LogP contribution in [0.15, 0.2) is 12.2 Å². The van der Waals surface area contributed by atoms with Crippen molar-refractivity contribution in [3.63, 3.8) is 0 Å². The number of carboxylic acids is 1. The molecule has 102 valence electrons. The smallest absolute Gasteiger partial charge is 0.306 e. The minimum Gasteiger partial charge on any atom is -0.481 e. The first kappa shape index (κ1) is 18.6. The summed E-state index contributed by atoms with van der Waals surface area (Å²) >= 11 is 0. The van der Waals surface area contributed by atoms with Crippen molar-refractivity contribution in [2.45, 2.75) is 72.6 Å². The van der Waals surface area contributed by atoms with E-state index in [-0.39, 0.29) is 5.92 Å². The molecule has 1 unspecified atom stereocenters. The Kier molecular flexibility index (Phi) is 16.6. The summed E-state index contributed by atoms with van der Waals surface area (Å²) in [6.45, 7) is 7.90. The second-order valence-electron chi connectivity index (χ2n) is 4.42. The van der Waals surface area contributed by atoms with Crippen molar-refractivity contribution in [2.75, 3.05) is 0 Å². The van der Waals surface area contributed by atoms with Crippen LogP contribution in [0.2, 0.25) is 0 Å². The van der Waals surface area contributed by atoms with Crippen molar-refractivity contribution < 1.29 is 9.90 Å². The van der Waals surface area contributed by atoms with Crippen LogP contribution < -0.4 is 0 Å². The molecule has 2 nitrogen and oxygen atoms in total. The molecule has 0 aromatic heterocycles. The lowest BCUT2D eigenvalue weighted by atomic mass is 10.1. The Bertz CT molecular complexity index is 185. The summed E-state index contributed by atoms with van der Waals surface area (Å²) in [4.78, 5) is 9.93. The van der Waals surface area contributed by atoms with Crippen LogP contribution in [-0.2, 0) is 4.79 Å². The third-order valence-electron chi connectivity index (χ3n) is 2.74. The first-order valence-corrected chi connectivity index (χ1v) is 6.94. The Hall–Kier alpha value is -0.790. The predicted molar refractivity (Wildman–Crippen MR) is 75.3 cm³/mol. The van der Waals surface area contributed by atoms with E-state index in [1.54, 1.807) is 6.92 Å². The fourth-order valence-electron chi connectivity index (χ4n) is 1.21. The Labute approximate surface area is 107 Å². The highest BCUT2D eigenvalue weighted by atomic mass is 16.4. The molecule has 0 bridgehead atoms. The normalized spacial score (nSPS) is 12.0. The molecule has 0 aliphatic heterocycles. The highest BCUT2D eigenvalue weighted by molar-refractivity contribution is 5.69. The van der Waals surface area contributed by atoms with Gasteiger partial charge in [0, 0.05) is 0 Å². The van der Waals surface area contributed by atoms with Crippen LogP contribution in [-0.4, -0.2) is 11.1 Å². The zero-order chi connectivity index (χ0) is 13.5. The van der Waals surface area contributed by atoms with Gasteiger partial charge in [0.05, 0.1) is 5.92 Å². The van der Waals surface area contributed by atoms with Crippen molar-refractivity contribution in [1.29, 1.82) is 0 Å². The minimum absolute atomic E-state index is 0.181. The predicted octanol–water partition coefficient (Wildman–Crippen LogP) is 5.04. The van der Waals surface area contributed by atoms with E-state index in [4.69, 9.17) is 5.11 Å². The van der Waals surface area contributed by atoms with Gasteiger partial charge in [-0.05, 0) is 26.2 Å². The summed E-state index contributed by atoms with van der Waals surface area (Å²) in [6.07, 6.45) is 13.4. The van der Waals surface area contributed by atoms with Gasteiger partial charge >= 0.3 is 5.97 Å². The molecule has 1 atom stereocenters. The fraction of sp³-hybridized carbons (Fsp3) is 0.800. The van der Waals surface area contributed by atoms with Gasteiger partial charge in [-0.2, -0.15) is 0 Å². The van der Waals surface area contributed by atoms with Crippen molar-refractivity contribution >= 4 is 5.97 Å². The standard InChI is InChI=1S/C10H20.C5H10O2/c1-3-5-7-9-10-8-6-4-2;1-3-4(2)5(6)7/h3,5H,4,6-10H2,1-2H3;4H,3H2,1-2H3,(H,6,7)/b5-3-;. The second-order valence-corrected chi connectivity index (χ2v) is 4.42. The lowest BCUT2D eigenvalue weighted by molar-refractivity contribution is -0.141. The lowest BCUT2D eigenvalue weighted by Gasteiger charge is -1.96. The number of allylic oxidation sites excluding steroid dienone is 2. The third kappa shape index (κ3) is 17.8. The van der Waals surface area contributed by atoms with E-state index in [1.165, 1.54) is 38.5 Å². The molecule has 0 amide bonds. The number of unbranched alkanes of at least 4 members (excludes halogenated alkanes) is 5. The van der Waals surface area contributed by atoms with Crippen molar-refractivity contribution in [1.82, 2.24) is 0 Å². The average Bonchev–Trinajstić information content (AvgIpc) is 2.33. The first-order chi connectivity index (χ1) is 8.09. The highest BCUT2D eigenvalue weighted by Crippen LogP contribution is 2.04. The number of hydrogen-bond acceptors (Lipinski definition) is 1. The van der Waals surface area contributed by atoms with Gasteiger partial charge < -0.3 is 5.11 Å². The van der Waals surface area contributed by atoms with Crippen molar-refractivity contribution in [2.24, 2.45) is 5.92 Å². The van der Waals surface area contributed by atoms with Gasteiger partial charge in [0.2, 0.25) is 0 Å². The summed E-state index contributed by atoms with van der Waals surface area (Å²) in [5.41, 5.74) is 0. The fourth-order valence-corrected chi connectivity index (χ4v) is 1.21. The van der Waals surface area contributed by atoms with Crippen LogP contribution in [0.5, 0.6) is 0 Å². The molecule has 0 rings (SSSR count). The van der Waals surface area contributed by atoms with Gasteiger partial charge in [0.15, 0.2) is 0 Å². The molecule has 0 saturated carbocycles. The Balaban J connectivity index is 0. The number of aliphatic carboxylic acids is 1. The largest absolute Gasteiger partial charge is 0.481 e. The van der Waals surface area contributed by atoms with Crippen LogP contribution in [0, 0.1) is 5.92 Å². The quantitative estimate of drug-likeness (QED) is 0.478. The maximum Gasteiger partial charge on any atom is 0.306 e. The lowest BCUT2D eigenvalue weighted by Crippen LogP contribution is -2.06. The van der Waals surface area contributed by atoms with E-state index in [0.717, 1.165) is 6.42 Å². The van der Waals surface area contributed by atoms with E-state index >= 15 is 0 Å². The Morgan fingerprint density at radius 2 is 1.76 bits per heavy atom. The maximum absolute atomic E-state index is 9.93. The minimum atomic E-state index is -0.706. The molecule has 0 radical (unpaired) electrons. The van der Waals surface area contributed by atoms with Crippen LogP contribution in [0.3, 0.4) is 0 Å². The van der Waals surface area contributed by atoms with Gasteiger partial charge in [0.1, 0.15) is 0 Å². The summed E-state index contributed by atoms with van der Waals surface area (Å²) in [5.74, 6) is -0.887. The molecule has 0 saturated heterocycles. The second kappa shape index (κ2) is 15.2. The average molecular weight is 242 g/mol. The zero-order valence-corrected chi connectivity index (χ0v) is 12.0. The van der Waals surface area contributed by atoms with E-state index in [9.17, 15) is 4.79 Å². The number of carbonyl (C=O) groups is 1. The maximum atomic E-state index is 9.93. The third-order valence-corrected chi connectivity index (χ3v) is 2.74. The van der Waals surface area contributed by atoms with E-state index in [1.807, 2.05) is 6.92 Å². The van der Waals surface area contributed by atoms with Crippen molar-refractivity contribution in [3.05, 3.63) is 12.2 Å². The number of carboxylic acid groups (broad SMARTS) is 1. The summed E-state index contributed by atoms with van der Waals surface area (Å²) in [5, 5.41) is 8.18. The Morgan fingerprint density at radius 1 is 1.18 bits per heavy atom. The van der Waals surface area contributed by atoms with Gasteiger partial charge in [-0.15, -0.1) is 0 Å². The molecule has 0 aromatic carbocycles. The zero-order valence-electron chi connectivity index (χ0n) is 12.0. The van der Waals surface area contributed by atoms with E-state index in [0.29, 0.717) is 0 Å². The van der Waals surface area contributed by atoms with Gasteiger partial charge in [0.25, 0.3) is 0 Å². The van der Waals surface area contributed by atoms with E-state index < -0.39 is 5.97 Å². The van der Waals surface area contributed by atoms with Crippen LogP contribution >= 0.6 is 0 Å². The highest BCUT2D eigenvalue weighted by Gasteiger charge is 2.05. The summed E-state index contributed by atoms with van der Waals surface area (Å²) < 4.78 is 0. The summed E-state index contributed by atoms with van der Waals surface area (Å²) in [7, 11) is 0. The molecule has 0 fully saturated rings. The molecular weight excluding hydrogens is 212 g/mol. The molecule has 17 heavy (non-hydrogen) atoms. The number of hydrogen-bond donors (Lipinski definition) is 1. The summed E-state index contributed by atoms with van der Waals surface area (Å²) in [6, 6.07) is 0. The molecule has 1 N–H and O–H groups in total. The molecular formula is C15H30O2. The van der Waals surface area contributed by atoms with Gasteiger partial charge in [-0.3, -0.25) is 4.79 Å². The first-order valence-electron chi connectivity index (χ1n) is 6.94. The molecule has 0 aliphatic carbocycles. The molecule has 0 aliphatic rings.